The van der Waals surface area contributed by atoms with Crippen molar-refractivity contribution in [2.75, 3.05) is 25.0 Å². The number of likely N-dealkylation sites (tertiary alicyclic amines) is 1. The quantitative estimate of drug-likeness (QED) is 0.923. The van der Waals surface area contributed by atoms with Gasteiger partial charge in [-0.05, 0) is 37.4 Å². The number of carbonyl (C=O) groups is 1. The van der Waals surface area contributed by atoms with Crippen molar-refractivity contribution in [2.45, 2.75) is 25.8 Å². The van der Waals surface area contributed by atoms with Crippen LogP contribution in [-0.2, 0) is 11.3 Å². The van der Waals surface area contributed by atoms with Gasteiger partial charge < -0.3 is 5.32 Å². The van der Waals surface area contributed by atoms with Crippen molar-refractivity contribution < 1.29 is 4.79 Å². The van der Waals surface area contributed by atoms with Gasteiger partial charge in [0.15, 0.2) is 0 Å². The molecule has 0 radical (unpaired) electrons. The highest BCUT2D eigenvalue weighted by atomic mass is 32.1. The van der Waals surface area contributed by atoms with E-state index in [1.165, 1.54) is 24.1 Å². The molecule has 0 saturated carbocycles. The highest BCUT2D eigenvalue weighted by Crippen LogP contribution is 2.14. The number of hydrogen-bond donors (Lipinski definition) is 1. The molecule has 2 aromatic heterocycles. The van der Waals surface area contributed by atoms with Crippen molar-refractivity contribution in [1.29, 1.82) is 0 Å². The van der Waals surface area contributed by atoms with Crippen LogP contribution in [0.3, 0.4) is 0 Å². The van der Waals surface area contributed by atoms with Crippen LogP contribution in [0.2, 0.25) is 0 Å². The first-order chi connectivity index (χ1) is 10.3. The molecule has 112 valence electrons. The molecule has 0 aliphatic carbocycles. The van der Waals surface area contributed by atoms with E-state index in [1.54, 1.807) is 17.5 Å². The Morgan fingerprint density at radius 1 is 1.29 bits per heavy atom. The Hall–Kier alpha value is -1.66. The molecule has 0 unspecified atom stereocenters. The van der Waals surface area contributed by atoms with Crippen molar-refractivity contribution in [3.05, 3.63) is 34.7 Å². The summed E-state index contributed by atoms with van der Waals surface area (Å²) in [6, 6.07) is 5.95. The molecular formula is C15H20N4OS. The maximum atomic E-state index is 12.1. The molecule has 3 heterocycles. The minimum atomic E-state index is 0.0461. The number of hydrogen-bond acceptors (Lipinski definition) is 4. The molecule has 0 spiro atoms. The van der Waals surface area contributed by atoms with Crippen LogP contribution in [0.4, 0.5) is 5.82 Å². The van der Waals surface area contributed by atoms with Crippen LogP contribution in [0.5, 0.6) is 0 Å². The number of thiophene rings is 1. The first-order valence-corrected chi connectivity index (χ1v) is 8.25. The molecule has 0 aromatic carbocycles. The van der Waals surface area contributed by atoms with Gasteiger partial charge in [-0.2, -0.15) is 5.10 Å². The largest absolute Gasteiger partial charge is 0.310 e. The number of rotatable bonds is 5. The standard InChI is InChI=1S/C15H20N4OS/c20-15(12-18-8-2-1-3-9-18)17-14-6-7-16-19(14)11-13-5-4-10-21-13/h4-7,10H,1-3,8-9,11-12H2,(H,17,20). The molecule has 0 atom stereocenters. The maximum Gasteiger partial charge on any atom is 0.239 e. The van der Waals surface area contributed by atoms with Gasteiger partial charge in [-0.15, -0.1) is 11.3 Å². The van der Waals surface area contributed by atoms with Gasteiger partial charge in [0.2, 0.25) is 5.91 Å². The SMILES string of the molecule is O=C(CN1CCCCC1)Nc1ccnn1Cc1cccs1. The highest BCUT2D eigenvalue weighted by Gasteiger charge is 2.15. The van der Waals surface area contributed by atoms with Crippen LogP contribution in [0.25, 0.3) is 0 Å². The minimum absolute atomic E-state index is 0.0461. The van der Waals surface area contributed by atoms with E-state index in [0.717, 1.165) is 18.9 Å². The maximum absolute atomic E-state index is 12.1. The summed E-state index contributed by atoms with van der Waals surface area (Å²) in [6.07, 6.45) is 5.41. The van der Waals surface area contributed by atoms with E-state index in [4.69, 9.17) is 0 Å². The van der Waals surface area contributed by atoms with Gasteiger partial charge in [-0.25, -0.2) is 4.68 Å². The summed E-state index contributed by atoms with van der Waals surface area (Å²) in [6.45, 7) is 3.23. The molecule has 2 aromatic rings. The summed E-state index contributed by atoms with van der Waals surface area (Å²) in [5, 5.41) is 9.31. The van der Waals surface area contributed by atoms with Crippen LogP contribution < -0.4 is 5.32 Å². The van der Waals surface area contributed by atoms with Gasteiger partial charge in [-0.3, -0.25) is 9.69 Å². The smallest absolute Gasteiger partial charge is 0.239 e. The van der Waals surface area contributed by atoms with Gasteiger partial charge in [0.1, 0.15) is 5.82 Å². The third kappa shape index (κ3) is 3.92. The van der Waals surface area contributed by atoms with E-state index < -0.39 is 0 Å². The molecule has 1 amide bonds. The molecule has 5 nitrogen and oxygen atoms in total. The third-order valence-corrected chi connectivity index (χ3v) is 4.55. The van der Waals surface area contributed by atoms with E-state index in [0.29, 0.717) is 13.1 Å². The van der Waals surface area contributed by atoms with Crippen molar-refractivity contribution in [3.63, 3.8) is 0 Å². The number of aromatic nitrogens is 2. The molecule has 1 N–H and O–H groups in total. The summed E-state index contributed by atoms with van der Waals surface area (Å²) in [5.41, 5.74) is 0. The normalized spacial score (nSPS) is 16.0. The van der Waals surface area contributed by atoms with E-state index in [-0.39, 0.29) is 5.91 Å². The Labute approximate surface area is 128 Å². The fraction of sp³-hybridized carbons (Fsp3) is 0.467. The summed E-state index contributed by atoms with van der Waals surface area (Å²) in [4.78, 5) is 15.6. The van der Waals surface area contributed by atoms with Crippen molar-refractivity contribution in [3.8, 4) is 0 Å². The van der Waals surface area contributed by atoms with Gasteiger partial charge in [0, 0.05) is 10.9 Å². The van der Waals surface area contributed by atoms with Gasteiger partial charge >= 0.3 is 0 Å². The first kappa shape index (κ1) is 14.3. The predicted octanol–water partition coefficient (Wildman–Crippen LogP) is 2.42. The number of nitrogens with zero attached hydrogens (tertiary/aromatic N) is 3. The van der Waals surface area contributed by atoms with E-state index in [2.05, 4.69) is 21.4 Å². The predicted molar refractivity (Wildman–Crippen MR) is 84.6 cm³/mol. The molecule has 6 heteroatoms. The zero-order valence-corrected chi connectivity index (χ0v) is 12.8. The molecule has 3 rings (SSSR count). The average molecular weight is 304 g/mol. The number of nitrogens with one attached hydrogen (secondary N) is 1. The Morgan fingerprint density at radius 2 is 2.14 bits per heavy atom. The van der Waals surface area contributed by atoms with Crippen molar-refractivity contribution in [2.24, 2.45) is 0 Å². The van der Waals surface area contributed by atoms with E-state index >= 15 is 0 Å². The zero-order valence-electron chi connectivity index (χ0n) is 12.0. The van der Waals surface area contributed by atoms with E-state index in [9.17, 15) is 4.79 Å². The van der Waals surface area contributed by atoms with Crippen molar-refractivity contribution >= 4 is 23.1 Å². The van der Waals surface area contributed by atoms with Crippen LogP contribution in [0.15, 0.2) is 29.8 Å². The highest BCUT2D eigenvalue weighted by molar-refractivity contribution is 7.09. The molecular weight excluding hydrogens is 284 g/mol. The first-order valence-electron chi connectivity index (χ1n) is 7.38. The topological polar surface area (TPSA) is 50.2 Å². The number of anilines is 1. The molecule has 1 aliphatic rings. The van der Waals surface area contributed by atoms with E-state index in [1.807, 2.05) is 22.2 Å². The summed E-state index contributed by atoms with van der Waals surface area (Å²) >= 11 is 1.70. The molecule has 21 heavy (non-hydrogen) atoms. The molecule has 1 aliphatic heterocycles. The second kappa shape index (κ2) is 6.87. The van der Waals surface area contributed by atoms with Crippen LogP contribution in [0.1, 0.15) is 24.1 Å². The van der Waals surface area contributed by atoms with Gasteiger partial charge in [0.25, 0.3) is 0 Å². The monoisotopic (exact) mass is 304 g/mol. The number of piperidine rings is 1. The lowest BCUT2D eigenvalue weighted by atomic mass is 10.1. The second-order valence-corrected chi connectivity index (χ2v) is 6.37. The Balaban J connectivity index is 1.57. The zero-order chi connectivity index (χ0) is 14.5. The van der Waals surface area contributed by atoms with Crippen LogP contribution in [-0.4, -0.2) is 40.2 Å². The molecule has 0 bridgehead atoms. The number of carbonyl (C=O) groups excluding carboxylic acids is 1. The minimum Gasteiger partial charge on any atom is -0.310 e. The second-order valence-electron chi connectivity index (χ2n) is 5.34. The lowest BCUT2D eigenvalue weighted by Gasteiger charge is -2.25. The molecule has 1 fully saturated rings. The van der Waals surface area contributed by atoms with Crippen LogP contribution in [0, 0.1) is 0 Å². The average Bonchev–Trinajstić information content (AvgIpc) is 3.13. The Kier molecular flexibility index (Phi) is 4.67. The molecule has 1 saturated heterocycles. The van der Waals surface area contributed by atoms with Crippen molar-refractivity contribution in [1.82, 2.24) is 14.7 Å². The summed E-state index contributed by atoms with van der Waals surface area (Å²) in [7, 11) is 0. The Bertz CT molecular complexity index is 572. The number of amides is 1. The van der Waals surface area contributed by atoms with Crippen LogP contribution >= 0.6 is 11.3 Å². The van der Waals surface area contributed by atoms with Gasteiger partial charge in [0.05, 0.1) is 19.3 Å². The summed E-state index contributed by atoms with van der Waals surface area (Å²) in [5.74, 6) is 0.815. The van der Waals surface area contributed by atoms with Gasteiger partial charge in [-0.1, -0.05) is 12.5 Å². The Morgan fingerprint density at radius 3 is 2.90 bits per heavy atom. The fourth-order valence-corrected chi connectivity index (χ4v) is 3.30. The fourth-order valence-electron chi connectivity index (χ4n) is 2.62. The summed E-state index contributed by atoms with van der Waals surface area (Å²) < 4.78 is 1.83. The lowest BCUT2D eigenvalue weighted by molar-refractivity contribution is -0.117. The lowest BCUT2D eigenvalue weighted by Crippen LogP contribution is -2.37. The third-order valence-electron chi connectivity index (χ3n) is 3.69.